The van der Waals surface area contributed by atoms with Crippen molar-refractivity contribution in [2.45, 2.75) is 44.8 Å². The van der Waals surface area contributed by atoms with Gasteiger partial charge in [0, 0.05) is 32.4 Å². The Kier molecular flexibility index (Phi) is 7.13. The molecule has 2 saturated heterocycles. The molecule has 1 atom stereocenters. The highest BCUT2D eigenvalue weighted by atomic mass is 16.2. The van der Waals surface area contributed by atoms with Gasteiger partial charge in [0.2, 0.25) is 5.91 Å². The van der Waals surface area contributed by atoms with Crippen molar-refractivity contribution in [2.75, 3.05) is 33.2 Å². The summed E-state index contributed by atoms with van der Waals surface area (Å²) in [5.41, 5.74) is 2.35. The Bertz CT molecular complexity index is 789. The van der Waals surface area contributed by atoms with Crippen molar-refractivity contribution in [3.63, 3.8) is 0 Å². The van der Waals surface area contributed by atoms with Gasteiger partial charge in [-0.2, -0.15) is 0 Å². The summed E-state index contributed by atoms with van der Waals surface area (Å²) >= 11 is 0. The number of amides is 1. The van der Waals surface area contributed by atoms with Gasteiger partial charge in [0.05, 0.1) is 18.2 Å². The summed E-state index contributed by atoms with van der Waals surface area (Å²) in [6.45, 7) is 5.98. The summed E-state index contributed by atoms with van der Waals surface area (Å²) in [4.78, 5) is 24.4. The van der Waals surface area contributed by atoms with Gasteiger partial charge < -0.3 is 4.90 Å². The van der Waals surface area contributed by atoms with Crippen LogP contribution in [0.5, 0.6) is 0 Å². The molecule has 2 fully saturated rings. The zero-order valence-electron chi connectivity index (χ0n) is 18.1. The predicted molar refractivity (Wildman–Crippen MR) is 120 cm³/mol. The van der Waals surface area contributed by atoms with Crippen LogP contribution in [0.4, 0.5) is 0 Å². The van der Waals surface area contributed by atoms with E-state index in [1.165, 1.54) is 18.4 Å². The van der Waals surface area contributed by atoms with Crippen LogP contribution in [0, 0.1) is 5.92 Å². The summed E-state index contributed by atoms with van der Waals surface area (Å²) in [6.07, 6.45) is 6.34. The van der Waals surface area contributed by atoms with Gasteiger partial charge in [-0.15, -0.1) is 0 Å². The summed E-state index contributed by atoms with van der Waals surface area (Å²) in [7, 11) is 1.91. The van der Waals surface area contributed by atoms with E-state index >= 15 is 0 Å². The van der Waals surface area contributed by atoms with Crippen LogP contribution in [0.1, 0.15) is 36.9 Å². The van der Waals surface area contributed by atoms with Crippen LogP contribution in [-0.4, -0.2) is 64.9 Å². The fraction of sp³-hybridized carbons (Fsp3) is 0.520. The lowest BCUT2D eigenvalue weighted by molar-refractivity contribution is -0.137. The number of pyridine rings is 1. The third-order valence-corrected chi connectivity index (χ3v) is 6.63. The maximum Gasteiger partial charge on any atom is 0.227 e. The Morgan fingerprint density at radius 2 is 1.80 bits per heavy atom. The van der Waals surface area contributed by atoms with E-state index in [1.807, 2.05) is 30.1 Å². The second kappa shape index (κ2) is 10.2. The number of carbonyl (C=O) groups is 1. The number of carbonyl (C=O) groups excluding carboxylic acids is 1. The third kappa shape index (κ3) is 5.46. The molecule has 30 heavy (non-hydrogen) atoms. The molecule has 4 rings (SSSR count). The number of hydrogen-bond donors (Lipinski definition) is 0. The SMILES string of the molecule is CN(Cc1ccccn1)C(=O)[C@H]1CCCN(C2CCN(Cc3ccccc3)CC2)C1. The summed E-state index contributed by atoms with van der Waals surface area (Å²) in [6, 6.07) is 17.3. The standard InChI is InChI=1S/C25H34N4O/c1-27(20-23-11-5-6-14-26-23)25(30)22-10-7-15-29(19-22)24-12-16-28(17-13-24)18-21-8-3-2-4-9-21/h2-6,8-9,11,14,22,24H,7,10,12-13,15-20H2,1H3/t22-/m0/s1. The Labute approximate surface area is 180 Å². The van der Waals surface area contributed by atoms with Gasteiger partial charge in [-0.1, -0.05) is 36.4 Å². The van der Waals surface area contributed by atoms with Crippen molar-refractivity contribution >= 4 is 5.91 Å². The Hall–Kier alpha value is -2.24. The minimum atomic E-state index is 0.120. The van der Waals surface area contributed by atoms with E-state index in [-0.39, 0.29) is 11.8 Å². The molecule has 0 spiro atoms. The lowest BCUT2D eigenvalue weighted by atomic mass is 9.92. The van der Waals surface area contributed by atoms with Gasteiger partial charge >= 0.3 is 0 Å². The molecule has 0 aliphatic carbocycles. The first-order valence-electron chi connectivity index (χ1n) is 11.3. The average molecular weight is 407 g/mol. The molecule has 5 nitrogen and oxygen atoms in total. The Balaban J connectivity index is 1.26. The van der Waals surface area contributed by atoms with E-state index < -0.39 is 0 Å². The second-order valence-corrected chi connectivity index (χ2v) is 8.84. The van der Waals surface area contributed by atoms with Gasteiger partial charge in [0.25, 0.3) is 0 Å². The van der Waals surface area contributed by atoms with Crippen molar-refractivity contribution in [3.05, 3.63) is 66.0 Å². The van der Waals surface area contributed by atoms with Crippen molar-refractivity contribution in [3.8, 4) is 0 Å². The van der Waals surface area contributed by atoms with Crippen LogP contribution < -0.4 is 0 Å². The van der Waals surface area contributed by atoms with Gasteiger partial charge in [0.1, 0.15) is 0 Å². The average Bonchev–Trinajstić information content (AvgIpc) is 2.80. The van der Waals surface area contributed by atoms with Gasteiger partial charge in [-0.05, 0) is 63.0 Å². The topological polar surface area (TPSA) is 39.7 Å². The number of hydrogen-bond acceptors (Lipinski definition) is 4. The van der Waals surface area contributed by atoms with E-state index in [0.29, 0.717) is 12.6 Å². The maximum atomic E-state index is 13.0. The number of benzene rings is 1. The molecule has 1 amide bonds. The molecular weight excluding hydrogens is 372 g/mol. The molecule has 0 unspecified atom stereocenters. The highest BCUT2D eigenvalue weighted by Gasteiger charge is 2.32. The molecule has 1 aromatic carbocycles. The van der Waals surface area contributed by atoms with Crippen LogP contribution in [-0.2, 0) is 17.9 Å². The zero-order chi connectivity index (χ0) is 20.8. The summed E-state index contributed by atoms with van der Waals surface area (Å²) in [5, 5.41) is 0. The maximum absolute atomic E-state index is 13.0. The first-order chi connectivity index (χ1) is 14.7. The Morgan fingerprint density at radius 3 is 2.53 bits per heavy atom. The van der Waals surface area contributed by atoms with Crippen molar-refractivity contribution in [2.24, 2.45) is 5.92 Å². The van der Waals surface area contributed by atoms with E-state index in [0.717, 1.165) is 51.3 Å². The van der Waals surface area contributed by atoms with Gasteiger partial charge in [0.15, 0.2) is 0 Å². The van der Waals surface area contributed by atoms with Crippen molar-refractivity contribution < 1.29 is 4.79 Å². The number of nitrogens with zero attached hydrogens (tertiary/aromatic N) is 4. The van der Waals surface area contributed by atoms with Crippen molar-refractivity contribution in [1.82, 2.24) is 19.7 Å². The zero-order valence-corrected chi connectivity index (χ0v) is 18.1. The number of likely N-dealkylation sites (tertiary alicyclic amines) is 2. The molecule has 1 aromatic heterocycles. The van der Waals surface area contributed by atoms with Crippen LogP contribution in [0.2, 0.25) is 0 Å². The first-order valence-corrected chi connectivity index (χ1v) is 11.3. The molecule has 0 saturated carbocycles. The molecule has 0 N–H and O–H groups in total. The number of piperidine rings is 2. The van der Waals surface area contributed by atoms with Crippen molar-refractivity contribution in [1.29, 1.82) is 0 Å². The molecule has 2 aromatic rings. The molecule has 3 heterocycles. The van der Waals surface area contributed by atoms with Crippen LogP contribution in [0.25, 0.3) is 0 Å². The first kappa shape index (κ1) is 21.0. The molecule has 0 bridgehead atoms. The normalized spacial score (nSPS) is 21.4. The number of rotatable bonds is 6. The third-order valence-electron chi connectivity index (χ3n) is 6.63. The van der Waals surface area contributed by atoms with E-state index in [4.69, 9.17) is 0 Å². The second-order valence-electron chi connectivity index (χ2n) is 8.84. The molecular formula is C25H34N4O. The van der Waals surface area contributed by atoms with Crippen LogP contribution in [0.3, 0.4) is 0 Å². The largest absolute Gasteiger partial charge is 0.340 e. The summed E-state index contributed by atoms with van der Waals surface area (Å²) < 4.78 is 0. The van der Waals surface area contributed by atoms with E-state index in [9.17, 15) is 4.79 Å². The van der Waals surface area contributed by atoms with Gasteiger partial charge in [-0.3, -0.25) is 19.6 Å². The minimum absolute atomic E-state index is 0.120. The Morgan fingerprint density at radius 1 is 1.03 bits per heavy atom. The lowest BCUT2D eigenvalue weighted by Crippen LogP contribution is -2.50. The summed E-state index contributed by atoms with van der Waals surface area (Å²) in [5.74, 6) is 0.390. The highest BCUT2D eigenvalue weighted by Crippen LogP contribution is 2.25. The lowest BCUT2D eigenvalue weighted by Gasteiger charge is -2.42. The molecule has 5 heteroatoms. The molecule has 2 aliphatic rings. The highest BCUT2D eigenvalue weighted by molar-refractivity contribution is 5.78. The monoisotopic (exact) mass is 406 g/mol. The van der Waals surface area contributed by atoms with Gasteiger partial charge in [-0.25, -0.2) is 0 Å². The quantitative estimate of drug-likeness (QED) is 0.737. The molecule has 0 radical (unpaired) electrons. The van der Waals surface area contributed by atoms with E-state index in [1.54, 1.807) is 6.20 Å². The molecule has 160 valence electrons. The van der Waals surface area contributed by atoms with Crippen LogP contribution in [0.15, 0.2) is 54.7 Å². The fourth-order valence-corrected chi connectivity index (χ4v) is 4.95. The predicted octanol–water partition coefficient (Wildman–Crippen LogP) is 3.42. The smallest absolute Gasteiger partial charge is 0.227 e. The number of aromatic nitrogens is 1. The fourth-order valence-electron chi connectivity index (χ4n) is 4.95. The van der Waals surface area contributed by atoms with E-state index in [2.05, 4.69) is 45.1 Å². The minimum Gasteiger partial charge on any atom is -0.340 e. The van der Waals surface area contributed by atoms with Crippen LogP contribution >= 0.6 is 0 Å². The molecule has 2 aliphatic heterocycles.